The Kier molecular flexibility index (Phi) is 6.85. The number of benzene rings is 2. The number of amides is 2. The van der Waals surface area contributed by atoms with Crippen LogP contribution in [0.25, 0.3) is 11.1 Å². The number of carbonyl (C=O) groups is 3. The standard InChI is InChI=1S/C27H32N2O6/c1-4-26(24(31)32)15-29(16-26)23(30)27(5-2,17-34-3)28-25(33)35-14-22-20-12-8-6-10-18(20)19-11-7-9-13-21(19)22/h6-13,22H,4-5,14-17H2,1-3H3,(H,28,33)(H,31,32). The lowest BCUT2D eigenvalue weighted by molar-refractivity contribution is -0.170. The molecular weight excluding hydrogens is 448 g/mol. The van der Waals surface area contributed by atoms with Crippen molar-refractivity contribution in [2.24, 2.45) is 5.41 Å². The summed E-state index contributed by atoms with van der Waals surface area (Å²) in [6.45, 7) is 3.88. The number of nitrogens with one attached hydrogen (secondary N) is 1. The molecule has 0 saturated carbocycles. The van der Waals surface area contributed by atoms with Gasteiger partial charge in [-0.05, 0) is 35.1 Å². The third-order valence-electron chi connectivity index (χ3n) is 7.49. The molecule has 2 aromatic rings. The number of rotatable bonds is 9. The molecule has 1 atom stereocenters. The summed E-state index contributed by atoms with van der Waals surface area (Å²) in [6, 6.07) is 16.1. The largest absolute Gasteiger partial charge is 0.481 e. The van der Waals surface area contributed by atoms with Crippen LogP contribution in [0.4, 0.5) is 4.79 Å². The Bertz CT molecular complexity index is 1080. The number of hydrogen-bond donors (Lipinski definition) is 2. The molecule has 2 N–H and O–H groups in total. The van der Waals surface area contributed by atoms with Crippen molar-refractivity contribution in [3.05, 3.63) is 59.7 Å². The maximum atomic E-state index is 13.4. The number of hydrogen-bond acceptors (Lipinski definition) is 5. The maximum absolute atomic E-state index is 13.4. The molecule has 4 rings (SSSR count). The fourth-order valence-electron chi connectivity index (χ4n) is 5.21. The van der Waals surface area contributed by atoms with Gasteiger partial charge in [-0.15, -0.1) is 0 Å². The molecule has 0 bridgehead atoms. The number of carboxylic acids is 1. The Morgan fingerprint density at radius 1 is 1.06 bits per heavy atom. The Balaban J connectivity index is 1.46. The molecule has 8 heteroatoms. The average molecular weight is 481 g/mol. The Morgan fingerprint density at radius 3 is 2.11 bits per heavy atom. The minimum atomic E-state index is -1.34. The van der Waals surface area contributed by atoms with Crippen molar-refractivity contribution in [2.45, 2.75) is 38.1 Å². The number of methoxy groups -OCH3 is 1. The van der Waals surface area contributed by atoms with E-state index in [4.69, 9.17) is 9.47 Å². The van der Waals surface area contributed by atoms with E-state index in [0.29, 0.717) is 6.42 Å². The molecule has 1 aliphatic carbocycles. The van der Waals surface area contributed by atoms with Crippen LogP contribution in [0, 0.1) is 5.41 Å². The van der Waals surface area contributed by atoms with Gasteiger partial charge in [0.15, 0.2) is 0 Å². The van der Waals surface area contributed by atoms with Crippen molar-refractivity contribution in [2.75, 3.05) is 33.4 Å². The lowest BCUT2D eigenvalue weighted by Gasteiger charge is -2.49. The van der Waals surface area contributed by atoms with E-state index in [1.54, 1.807) is 13.8 Å². The van der Waals surface area contributed by atoms with Crippen LogP contribution in [0.1, 0.15) is 43.7 Å². The summed E-state index contributed by atoms with van der Waals surface area (Å²) >= 11 is 0. The van der Waals surface area contributed by atoms with Crippen LogP contribution in [0.3, 0.4) is 0 Å². The van der Waals surface area contributed by atoms with Gasteiger partial charge < -0.3 is 24.8 Å². The molecule has 1 saturated heterocycles. The molecule has 1 aliphatic heterocycles. The van der Waals surface area contributed by atoms with E-state index in [9.17, 15) is 19.5 Å². The minimum absolute atomic E-state index is 0.0464. The first-order valence-corrected chi connectivity index (χ1v) is 12.0. The van der Waals surface area contributed by atoms with Gasteiger partial charge in [0.05, 0.1) is 6.61 Å². The van der Waals surface area contributed by atoms with Crippen LogP contribution < -0.4 is 5.32 Å². The molecule has 0 radical (unpaired) electrons. The molecule has 2 aromatic carbocycles. The molecule has 186 valence electrons. The van der Waals surface area contributed by atoms with Crippen LogP contribution >= 0.6 is 0 Å². The molecule has 35 heavy (non-hydrogen) atoms. The number of fused-ring (bicyclic) bond motifs is 3. The Labute approximate surface area is 205 Å². The number of likely N-dealkylation sites (tertiary alicyclic amines) is 1. The van der Waals surface area contributed by atoms with Gasteiger partial charge in [-0.25, -0.2) is 4.79 Å². The van der Waals surface area contributed by atoms with Gasteiger partial charge in [-0.2, -0.15) is 0 Å². The number of ether oxygens (including phenoxy) is 2. The van der Waals surface area contributed by atoms with Gasteiger partial charge in [0.25, 0.3) is 5.91 Å². The number of alkyl carbamates (subject to hydrolysis) is 1. The second kappa shape index (κ2) is 9.70. The fraction of sp³-hybridized carbons (Fsp3) is 0.444. The zero-order valence-corrected chi connectivity index (χ0v) is 20.4. The SMILES string of the molecule is CCC1(C(=O)O)CN(C(=O)C(CC)(COC)NC(=O)OCC2c3ccccc3-c3ccccc32)C1. The van der Waals surface area contributed by atoms with Gasteiger partial charge in [-0.1, -0.05) is 62.4 Å². The number of carbonyl (C=O) groups excluding carboxylic acids is 2. The van der Waals surface area contributed by atoms with E-state index in [0.717, 1.165) is 22.3 Å². The second-order valence-corrected chi connectivity index (χ2v) is 9.42. The first-order valence-electron chi connectivity index (χ1n) is 12.0. The summed E-state index contributed by atoms with van der Waals surface area (Å²) in [5.74, 6) is -1.37. The third kappa shape index (κ3) is 4.27. The second-order valence-electron chi connectivity index (χ2n) is 9.42. The quantitative estimate of drug-likeness (QED) is 0.568. The van der Waals surface area contributed by atoms with Crippen molar-refractivity contribution < 1.29 is 29.0 Å². The van der Waals surface area contributed by atoms with Crippen LogP contribution in [0.5, 0.6) is 0 Å². The zero-order chi connectivity index (χ0) is 25.2. The van der Waals surface area contributed by atoms with E-state index in [2.05, 4.69) is 17.4 Å². The minimum Gasteiger partial charge on any atom is -0.481 e. The van der Waals surface area contributed by atoms with Crippen LogP contribution in [-0.4, -0.2) is 66.9 Å². The van der Waals surface area contributed by atoms with Crippen molar-refractivity contribution in [3.8, 4) is 11.1 Å². The first kappa shape index (κ1) is 24.7. The van der Waals surface area contributed by atoms with E-state index >= 15 is 0 Å². The number of aliphatic carboxylic acids is 1. The predicted octanol–water partition coefficient (Wildman–Crippen LogP) is 3.64. The highest BCUT2D eigenvalue weighted by Gasteiger charge is 2.54. The fourth-order valence-corrected chi connectivity index (χ4v) is 5.21. The smallest absolute Gasteiger partial charge is 0.408 e. The van der Waals surface area contributed by atoms with Gasteiger partial charge >= 0.3 is 12.1 Å². The van der Waals surface area contributed by atoms with Crippen molar-refractivity contribution in [1.82, 2.24) is 10.2 Å². The summed E-state index contributed by atoms with van der Waals surface area (Å²) in [4.78, 5) is 39.5. The predicted molar refractivity (Wildman–Crippen MR) is 130 cm³/mol. The third-order valence-corrected chi connectivity index (χ3v) is 7.49. The van der Waals surface area contributed by atoms with Gasteiger partial charge in [0, 0.05) is 26.1 Å². The van der Waals surface area contributed by atoms with Crippen LogP contribution in [-0.2, 0) is 19.1 Å². The van der Waals surface area contributed by atoms with Crippen molar-refractivity contribution in [3.63, 3.8) is 0 Å². The summed E-state index contributed by atoms with van der Waals surface area (Å²) in [7, 11) is 1.46. The molecule has 1 unspecified atom stereocenters. The summed E-state index contributed by atoms with van der Waals surface area (Å²) in [5, 5.41) is 12.3. The highest BCUT2D eigenvalue weighted by atomic mass is 16.5. The Morgan fingerprint density at radius 2 is 1.63 bits per heavy atom. The normalized spacial score (nSPS) is 17.5. The monoisotopic (exact) mass is 480 g/mol. The highest BCUT2D eigenvalue weighted by molar-refractivity contribution is 5.92. The van der Waals surface area contributed by atoms with Crippen LogP contribution in [0.2, 0.25) is 0 Å². The first-order chi connectivity index (χ1) is 16.8. The van der Waals surface area contributed by atoms with Gasteiger partial charge in [0.1, 0.15) is 17.6 Å². The Hall–Kier alpha value is -3.39. The molecule has 1 fully saturated rings. The lowest BCUT2D eigenvalue weighted by Crippen LogP contribution is -2.70. The molecule has 2 amide bonds. The number of nitrogens with zero attached hydrogens (tertiary/aromatic N) is 1. The molecule has 2 aliphatic rings. The maximum Gasteiger partial charge on any atom is 0.408 e. The molecular formula is C27H32N2O6. The lowest BCUT2D eigenvalue weighted by atomic mass is 9.76. The number of carboxylic acid groups (broad SMARTS) is 1. The summed E-state index contributed by atoms with van der Waals surface area (Å²) < 4.78 is 11.0. The van der Waals surface area contributed by atoms with Crippen molar-refractivity contribution in [1.29, 1.82) is 0 Å². The molecule has 8 nitrogen and oxygen atoms in total. The molecule has 0 aromatic heterocycles. The highest BCUT2D eigenvalue weighted by Crippen LogP contribution is 2.44. The van der Waals surface area contributed by atoms with E-state index in [1.165, 1.54) is 12.0 Å². The van der Waals surface area contributed by atoms with Gasteiger partial charge in [-0.3, -0.25) is 9.59 Å². The van der Waals surface area contributed by atoms with Crippen LogP contribution in [0.15, 0.2) is 48.5 Å². The van der Waals surface area contributed by atoms with E-state index in [1.807, 2.05) is 36.4 Å². The molecule has 1 heterocycles. The van der Waals surface area contributed by atoms with Gasteiger partial charge in [0.2, 0.25) is 0 Å². The average Bonchev–Trinajstić information content (AvgIpc) is 3.15. The van der Waals surface area contributed by atoms with Crippen molar-refractivity contribution >= 4 is 18.0 Å². The topological polar surface area (TPSA) is 105 Å². The van der Waals surface area contributed by atoms with E-state index in [-0.39, 0.29) is 44.5 Å². The summed E-state index contributed by atoms with van der Waals surface area (Å²) in [5.41, 5.74) is 2.18. The van der Waals surface area contributed by atoms with E-state index < -0.39 is 23.0 Å². The molecule has 0 spiro atoms. The zero-order valence-electron chi connectivity index (χ0n) is 20.4. The summed E-state index contributed by atoms with van der Waals surface area (Å²) in [6.07, 6.45) is -0.0124.